The van der Waals surface area contributed by atoms with Gasteiger partial charge in [-0.15, -0.1) is 15.3 Å². The molecule has 2 fully saturated rings. The Morgan fingerprint density at radius 2 is 1.92 bits per heavy atom. The number of anilines is 2. The first-order valence-corrected chi connectivity index (χ1v) is 8.38. The molecule has 0 spiro atoms. The molecule has 1 aliphatic carbocycles. The summed E-state index contributed by atoms with van der Waals surface area (Å²) < 4.78 is 1.91. The summed E-state index contributed by atoms with van der Waals surface area (Å²) in [5, 5.41) is 16.7. The van der Waals surface area contributed by atoms with Gasteiger partial charge in [0.2, 0.25) is 5.95 Å². The van der Waals surface area contributed by atoms with E-state index in [2.05, 4.69) is 30.4 Å². The van der Waals surface area contributed by atoms with Gasteiger partial charge in [0.15, 0.2) is 11.5 Å². The van der Waals surface area contributed by atoms with Crippen molar-refractivity contribution in [2.24, 2.45) is 0 Å². The average molecular weight is 322 g/mol. The lowest BCUT2D eigenvalue weighted by Crippen LogP contribution is -2.27. The Balaban J connectivity index is 1.35. The van der Waals surface area contributed by atoms with Crippen LogP contribution in [-0.2, 0) is 0 Å². The van der Waals surface area contributed by atoms with E-state index in [9.17, 15) is 0 Å². The molecule has 0 radical (unpaired) electrons. The van der Waals surface area contributed by atoms with Gasteiger partial charge in [-0.3, -0.25) is 0 Å². The van der Waals surface area contributed by atoms with E-state index in [0.717, 1.165) is 36.8 Å². The van der Waals surface area contributed by atoms with Crippen molar-refractivity contribution in [2.75, 3.05) is 23.3 Å². The zero-order valence-corrected chi connectivity index (χ0v) is 13.2. The molecule has 2 aliphatic rings. The number of fused-ring (bicyclic) bond motifs is 1. The standard InChI is InChI=1S/C16H18N8/c1-7-17-16(18-8-1)19-12-6-9-23(10-12)14-5-4-13-20-21-15(11-2-3-11)24(13)22-14/h1,4-5,7-8,11-12H,2-3,6,9-10H2,(H,17,18,19). The molecule has 1 atom stereocenters. The molecule has 8 heteroatoms. The van der Waals surface area contributed by atoms with E-state index in [1.54, 1.807) is 12.4 Å². The fourth-order valence-corrected chi connectivity index (χ4v) is 3.20. The van der Waals surface area contributed by atoms with Gasteiger partial charge >= 0.3 is 0 Å². The van der Waals surface area contributed by atoms with Crippen LogP contribution in [0.3, 0.4) is 0 Å². The molecule has 0 bridgehead atoms. The second-order valence-electron chi connectivity index (χ2n) is 6.44. The second-order valence-corrected chi connectivity index (χ2v) is 6.44. The lowest BCUT2D eigenvalue weighted by Gasteiger charge is -2.18. The summed E-state index contributed by atoms with van der Waals surface area (Å²) in [7, 11) is 0. The van der Waals surface area contributed by atoms with Crippen molar-refractivity contribution in [3.63, 3.8) is 0 Å². The molecular formula is C16H18N8. The third kappa shape index (κ3) is 2.44. The maximum Gasteiger partial charge on any atom is 0.222 e. The van der Waals surface area contributed by atoms with Crippen molar-refractivity contribution >= 4 is 17.4 Å². The molecule has 1 saturated carbocycles. The van der Waals surface area contributed by atoms with Crippen LogP contribution in [0.1, 0.15) is 31.0 Å². The van der Waals surface area contributed by atoms with Crippen molar-refractivity contribution in [1.82, 2.24) is 29.8 Å². The van der Waals surface area contributed by atoms with Gasteiger partial charge in [-0.1, -0.05) is 0 Å². The van der Waals surface area contributed by atoms with E-state index >= 15 is 0 Å². The highest BCUT2D eigenvalue weighted by Crippen LogP contribution is 2.38. The van der Waals surface area contributed by atoms with Crippen LogP contribution in [0.5, 0.6) is 0 Å². The van der Waals surface area contributed by atoms with Gasteiger partial charge in [-0.25, -0.2) is 9.97 Å². The molecular weight excluding hydrogens is 304 g/mol. The minimum absolute atomic E-state index is 0.328. The summed E-state index contributed by atoms with van der Waals surface area (Å²) in [6, 6.07) is 6.18. The average Bonchev–Trinajstić information content (AvgIpc) is 3.20. The predicted molar refractivity (Wildman–Crippen MR) is 89.0 cm³/mol. The molecule has 0 aromatic carbocycles. The smallest absolute Gasteiger partial charge is 0.222 e. The van der Waals surface area contributed by atoms with Gasteiger partial charge in [0.25, 0.3) is 0 Å². The van der Waals surface area contributed by atoms with Crippen LogP contribution < -0.4 is 10.2 Å². The molecule has 1 unspecified atom stereocenters. The number of nitrogens with zero attached hydrogens (tertiary/aromatic N) is 7. The number of hydrogen-bond acceptors (Lipinski definition) is 7. The van der Waals surface area contributed by atoms with Crippen molar-refractivity contribution in [2.45, 2.75) is 31.2 Å². The largest absolute Gasteiger partial charge is 0.353 e. The first kappa shape index (κ1) is 13.6. The minimum Gasteiger partial charge on any atom is -0.353 e. The molecule has 24 heavy (non-hydrogen) atoms. The van der Waals surface area contributed by atoms with E-state index < -0.39 is 0 Å². The van der Waals surface area contributed by atoms with Crippen LogP contribution in [0.2, 0.25) is 0 Å². The zero-order chi connectivity index (χ0) is 15.9. The Kier molecular flexibility index (Phi) is 3.07. The van der Waals surface area contributed by atoms with Gasteiger partial charge in [0.1, 0.15) is 5.82 Å². The van der Waals surface area contributed by atoms with Gasteiger partial charge in [0, 0.05) is 37.4 Å². The summed E-state index contributed by atoms with van der Waals surface area (Å²) in [6.45, 7) is 1.85. The fraction of sp³-hybridized carbons (Fsp3) is 0.438. The summed E-state index contributed by atoms with van der Waals surface area (Å²) >= 11 is 0. The third-order valence-electron chi connectivity index (χ3n) is 4.63. The molecule has 122 valence electrons. The van der Waals surface area contributed by atoms with Crippen LogP contribution in [0, 0.1) is 0 Å². The minimum atomic E-state index is 0.328. The summed E-state index contributed by atoms with van der Waals surface area (Å²) in [5.74, 6) is 3.19. The van der Waals surface area contributed by atoms with Crippen LogP contribution in [0.25, 0.3) is 5.65 Å². The van der Waals surface area contributed by atoms with E-state index in [1.807, 2.05) is 22.7 Å². The lowest BCUT2D eigenvalue weighted by molar-refractivity contribution is 0.779. The van der Waals surface area contributed by atoms with E-state index in [1.165, 1.54) is 12.8 Å². The van der Waals surface area contributed by atoms with Crippen molar-refractivity contribution < 1.29 is 0 Å². The first-order valence-electron chi connectivity index (χ1n) is 8.38. The highest BCUT2D eigenvalue weighted by molar-refractivity contribution is 5.47. The fourth-order valence-electron chi connectivity index (χ4n) is 3.20. The molecule has 3 aromatic rings. The maximum atomic E-state index is 4.78. The number of aromatic nitrogens is 6. The molecule has 8 nitrogen and oxygen atoms in total. The molecule has 4 heterocycles. The zero-order valence-electron chi connectivity index (χ0n) is 13.2. The van der Waals surface area contributed by atoms with Crippen LogP contribution in [0.15, 0.2) is 30.6 Å². The van der Waals surface area contributed by atoms with Crippen LogP contribution in [-0.4, -0.2) is 48.9 Å². The molecule has 5 rings (SSSR count). The quantitative estimate of drug-likeness (QED) is 0.779. The molecule has 1 saturated heterocycles. The molecule has 0 amide bonds. The van der Waals surface area contributed by atoms with Crippen molar-refractivity contribution in [3.05, 3.63) is 36.4 Å². The summed E-state index contributed by atoms with van der Waals surface area (Å²) in [5.41, 5.74) is 0.826. The Morgan fingerprint density at radius 1 is 1.04 bits per heavy atom. The first-order chi connectivity index (χ1) is 11.9. The topological polar surface area (TPSA) is 84.1 Å². The van der Waals surface area contributed by atoms with Gasteiger partial charge in [0.05, 0.1) is 0 Å². The number of rotatable bonds is 4. The SMILES string of the molecule is c1cnc(NC2CCN(c3ccc4nnc(C5CC5)n4n3)C2)nc1. The molecule has 3 aromatic heterocycles. The lowest BCUT2D eigenvalue weighted by atomic mass is 10.3. The maximum absolute atomic E-state index is 4.78. The van der Waals surface area contributed by atoms with Gasteiger partial charge in [-0.2, -0.15) is 4.52 Å². The normalized spacial score (nSPS) is 20.7. The summed E-state index contributed by atoms with van der Waals surface area (Å²) in [4.78, 5) is 10.8. The van der Waals surface area contributed by atoms with Gasteiger partial charge < -0.3 is 10.2 Å². The highest BCUT2D eigenvalue weighted by Gasteiger charge is 2.30. The molecule has 1 aliphatic heterocycles. The van der Waals surface area contributed by atoms with Gasteiger partial charge in [-0.05, 0) is 37.5 Å². The van der Waals surface area contributed by atoms with E-state index in [-0.39, 0.29) is 0 Å². The Bertz CT molecular complexity index is 857. The number of hydrogen-bond donors (Lipinski definition) is 1. The monoisotopic (exact) mass is 322 g/mol. The predicted octanol–water partition coefficient (Wildman–Crippen LogP) is 1.48. The van der Waals surface area contributed by atoms with E-state index in [4.69, 9.17) is 5.10 Å². The Morgan fingerprint density at radius 3 is 2.75 bits per heavy atom. The van der Waals surface area contributed by atoms with Crippen LogP contribution >= 0.6 is 0 Å². The summed E-state index contributed by atoms with van der Waals surface area (Å²) in [6.07, 6.45) is 6.93. The third-order valence-corrected chi connectivity index (χ3v) is 4.63. The van der Waals surface area contributed by atoms with Crippen molar-refractivity contribution in [1.29, 1.82) is 0 Å². The molecule has 1 N–H and O–H groups in total. The Hall–Kier alpha value is -2.77. The van der Waals surface area contributed by atoms with E-state index in [0.29, 0.717) is 17.9 Å². The van der Waals surface area contributed by atoms with Crippen molar-refractivity contribution in [3.8, 4) is 0 Å². The second kappa shape index (κ2) is 5.40. The van der Waals surface area contributed by atoms with Crippen LogP contribution in [0.4, 0.5) is 11.8 Å². The highest BCUT2D eigenvalue weighted by atomic mass is 15.4. The Labute approximate surface area is 138 Å². The number of nitrogens with one attached hydrogen (secondary N) is 1.